The third-order valence-electron chi connectivity index (χ3n) is 3.37. The number of aryl methyl sites for hydroxylation is 1. The standard InChI is InChI=1S/C16H19N3O5S/c1-9-8-25-16(19(9)10(2)20)18-17-15(21)11-6-12(22-3)14(24-5)13(7-11)23-4/h6-8H,1-5H3,(H,17,21)/b18-16-. The molecule has 0 saturated carbocycles. The Morgan fingerprint density at radius 3 is 2.20 bits per heavy atom. The summed E-state index contributed by atoms with van der Waals surface area (Å²) < 4.78 is 17.1. The number of nitrogens with zero attached hydrogens (tertiary/aromatic N) is 2. The second kappa shape index (κ2) is 7.84. The fourth-order valence-corrected chi connectivity index (χ4v) is 3.09. The molecule has 1 N–H and O–H groups in total. The molecule has 1 aromatic heterocycles. The Hall–Kier alpha value is -2.81. The van der Waals surface area contributed by atoms with Crippen molar-refractivity contribution in [1.82, 2.24) is 9.99 Å². The van der Waals surface area contributed by atoms with Gasteiger partial charge in [0.25, 0.3) is 5.91 Å². The van der Waals surface area contributed by atoms with E-state index < -0.39 is 5.91 Å². The van der Waals surface area contributed by atoms with Crippen molar-refractivity contribution in [3.8, 4) is 17.2 Å². The molecule has 0 saturated heterocycles. The lowest BCUT2D eigenvalue weighted by molar-refractivity contribution is 0.0920. The van der Waals surface area contributed by atoms with Crippen LogP contribution in [0.25, 0.3) is 0 Å². The first-order chi connectivity index (χ1) is 11.9. The number of hydrogen-bond acceptors (Lipinski definition) is 7. The van der Waals surface area contributed by atoms with Crippen LogP contribution in [0.1, 0.15) is 27.8 Å². The van der Waals surface area contributed by atoms with Crippen LogP contribution in [0.15, 0.2) is 22.6 Å². The minimum Gasteiger partial charge on any atom is -0.493 e. The van der Waals surface area contributed by atoms with Gasteiger partial charge in [-0.15, -0.1) is 16.4 Å². The average Bonchev–Trinajstić information content (AvgIpc) is 2.98. The van der Waals surface area contributed by atoms with Crippen LogP contribution < -0.4 is 24.4 Å². The number of carbonyl (C=O) groups excluding carboxylic acids is 2. The van der Waals surface area contributed by atoms with E-state index >= 15 is 0 Å². The van der Waals surface area contributed by atoms with Gasteiger partial charge >= 0.3 is 0 Å². The molecule has 0 unspecified atom stereocenters. The average molecular weight is 365 g/mol. The summed E-state index contributed by atoms with van der Waals surface area (Å²) in [5.74, 6) is 0.456. The Morgan fingerprint density at radius 2 is 1.72 bits per heavy atom. The van der Waals surface area contributed by atoms with Gasteiger partial charge in [0.1, 0.15) is 0 Å². The molecule has 0 bridgehead atoms. The molecule has 0 fully saturated rings. The van der Waals surface area contributed by atoms with E-state index in [2.05, 4.69) is 10.5 Å². The van der Waals surface area contributed by atoms with E-state index in [1.807, 2.05) is 0 Å². The van der Waals surface area contributed by atoms with Gasteiger partial charge in [-0.1, -0.05) is 0 Å². The molecule has 134 valence electrons. The number of rotatable bonds is 5. The summed E-state index contributed by atoms with van der Waals surface area (Å²) in [6.07, 6.45) is 0. The van der Waals surface area contributed by atoms with Gasteiger partial charge in [-0.05, 0) is 19.1 Å². The lowest BCUT2D eigenvalue weighted by Crippen LogP contribution is -2.27. The molecule has 0 aliphatic heterocycles. The Kier molecular flexibility index (Phi) is 5.81. The second-order valence-electron chi connectivity index (χ2n) is 4.98. The highest BCUT2D eigenvalue weighted by atomic mass is 32.1. The zero-order valence-corrected chi connectivity index (χ0v) is 15.4. The molecule has 0 spiro atoms. The Morgan fingerprint density at radius 1 is 1.12 bits per heavy atom. The topological polar surface area (TPSA) is 91.2 Å². The summed E-state index contributed by atoms with van der Waals surface area (Å²) >= 11 is 1.25. The number of carbonyl (C=O) groups is 2. The number of benzene rings is 1. The summed E-state index contributed by atoms with van der Waals surface area (Å²) in [7, 11) is 4.41. The number of nitrogens with one attached hydrogen (secondary N) is 1. The maximum atomic E-state index is 12.4. The van der Waals surface area contributed by atoms with Gasteiger partial charge in [0.15, 0.2) is 11.5 Å². The van der Waals surface area contributed by atoms with E-state index in [0.29, 0.717) is 22.0 Å². The molecule has 1 heterocycles. The van der Waals surface area contributed by atoms with Crippen molar-refractivity contribution in [2.75, 3.05) is 21.3 Å². The van der Waals surface area contributed by atoms with Crippen molar-refractivity contribution in [2.24, 2.45) is 5.10 Å². The molecule has 0 radical (unpaired) electrons. The molecule has 25 heavy (non-hydrogen) atoms. The number of thiazole rings is 1. The van der Waals surface area contributed by atoms with Crippen molar-refractivity contribution in [3.63, 3.8) is 0 Å². The number of amides is 1. The molecule has 8 nitrogen and oxygen atoms in total. The summed E-state index contributed by atoms with van der Waals surface area (Å²) in [5, 5.41) is 5.81. The van der Waals surface area contributed by atoms with Crippen LogP contribution in [0.2, 0.25) is 0 Å². The van der Waals surface area contributed by atoms with Crippen LogP contribution in [-0.4, -0.2) is 37.7 Å². The maximum Gasteiger partial charge on any atom is 0.271 e. The minimum atomic E-state index is -0.472. The van der Waals surface area contributed by atoms with Gasteiger partial charge in [0.05, 0.1) is 21.3 Å². The van der Waals surface area contributed by atoms with E-state index in [-0.39, 0.29) is 11.5 Å². The smallest absolute Gasteiger partial charge is 0.271 e. The van der Waals surface area contributed by atoms with Crippen molar-refractivity contribution < 1.29 is 23.8 Å². The predicted molar refractivity (Wildman–Crippen MR) is 92.5 cm³/mol. The first-order valence-electron chi connectivity index (χ1n) is 7.25. The molecule has 0 atom stereocenters. The van der Waals surface area contributed by atoms with Gasteiger partial charge in [-0.2, -0.15) is 0 Å². The number of methoxy groups -OCH3 is 3. The summed E-state index contributed by atoms with van der Waals surface area (Å²) in [5.41, 5.74) is 3.46. The maximum absolute atomic E-state index is 12.4. The van der Waals surface area contributed by atoms with Crippen molar-refractivity contribution in [1.29, 1.82) is 0 Å². The van der Waals surface area contributed by atoms with Gasteiger partial charge in [-0.25, -0.2) is 5.43 Å². The number of aromatic nitrogens is 1. The SMILES string of the molecule is COc1cc(C(=O)N/N=c2\scc(C)n2C(C)=O)cc(OC)c1OC. The van der Waals surface area contributed by atoms with Crippen molar-refractivity contribution in [3.05, 3.63) is 33.6 Å². The van der Waals surface area contributed by atoms with Crippen LogP contribution in [0.3, 0.4) is 0 Å². The van der Waals surface area contributed by atoms with Crippen LogP contribution in [-0.2, 0) is 0 Å². The second-order valence-corrected chi connectivity index (χ2v) is 5.82. The molecule has 1 aromatic carbocycles. The first kappa shape index (κ1) is 18.5. The molecule has 0 aliphatic rings. The van der Waals surface area contributed by atoms with Gasteiger partial charge < -0.3 is 14.2 Å². The van der Waals surface area contributed by atoms with Crippen LogP contribution in [0.5, 0.6) is 17.2 Å². The predicted octanol–water partition coefficient (Wildman–Crippen LogP) is 1.79. The van der Waals surface area contributed by atoms with Crippen molar-refractivity contribution in [2.45, 2.75) is 13.8 Å². The Balaban J connectivity index is 2.36. The molecule has 9 heteroatoms. The van der Waals surface area contributed by atoms with Crippen LogP contribution >= 0.6 is 11.3 Å². The monoisotopic (exact) mass is 365 g/mol. The molecular weight excluding hydrogens is 346 g/mol. The lowest BCUT2D eigenvalue weighted by atomic mass is 10.1. The van der Waals surface area contributed by atoms with E-state index in [9.17, 15) is 9.59 Å². The molecule has 2 rings (SSSR count). The first-order valence-corrected chi connectivity index (χ1v) is 8.13. The third-order valence-corrected chi connectivity index (χ3v) is 4.32. The number of ether oxygens (including phenoxy) is 3. The summed E-state index contributed by atoms with van der Waals surface area (Å²) in [6, 6.07) is 3.04. The van der Waals surface area contributed by atoms with E-state index in [0.717, 1.165) is 5.69 Å². The van der Waals surface area contributed by atoms with Gasteiger partial charge in [0, 0.05) is 23.6 Å². The van der Waals surface area contributed by atoms with Crippen molar-refractivity contribution >= 4 is 23.2 Å². The largest absolute Gasteiger partial charge is 0.493 e. The van der Waals surface area contributed by atoms with Crippen LogP contribution in [0.4, 0.5) is 0 Å². The zero-order valence-electron chi connectivity index (χ0n) is 14.6. The normalized spacial score (nSPS) is 11.2. The Labute approximate surface area is 148 Å². The van der Waals surface area contributed by atoms with Crippen LogP contribution in [0, 0.1) is 6.92 Å². The van der Waals surface area contributed by atoms with E-state index in [4.69, 9.17) is 14.2 Å². The minimum absolute atomic E-state index is 0.181. The third kappa shape index (κ3) is 3.82. The highest BCUT2D eigenvalue weighted by Crippen LogP contribution is 2.38. The highest BCUT2D eigenvalue weighted by molar-refractivity contribution is 7.07. The molecule has 0 aliphatic carbocycles. The lowest BCUT2D eigenvalue weighted by Gasteiger charge is -2.13. The number of hydrogen-bond donors (Lipinski definition) is 1. The summed E-state index contributed by atoms with van der Waals surface area (Å²) in [6.45, 7) is 3.22. The highest BCUT2D eigenvalue weighted by Gasteiger charge is 2.17. The quantitative estimate of drug-likeness (QED) is 0.816. The van der Waals surface area contributed by atoms with Gasteiger partial charge in [0.2, 0.25) is 16.5 Å². The fraction of sp³-hybridized carbons (Fsp3) is 0.312. The Bertz CT molecular complexity index is 844. The van der Waals surface area contributed by atoms with E-state index in [1.54, 1.807) is 12.3 Å². The molecule has 2 aromatic rings. The molecular formula is C16H19N3O5S. The van der Waals surface area contributed by atoms with E-state index in [1.165, 1.54) is 56.3 Å². The van der Waals surface area contributed by atoms with Gasteiger partial charge in [-0.3, -0.25) is 14.2 Å². The summed E-state index contributed by atoms with van der Waals surface area (Å²) in [4.78, 5) is 24.4. The fourth-order valence-electron chi connectivity index (χ4n) is 2.23. The zero-order chi connectivity index (χ0) is 18.6. The molecule has 1 amide bonds.